The molecule has 3 aromatic heterocycles. The van der Waals surface area contributed by atoms with Crippen LogP contribution in [0, 0.1) is 5.92 Å². The maximum absolute atomic E-state index is 13.4. The Morgan fingerprint density at radius 3 is 2.55 bits per heavy atom. The van der Waals surface area contributed by atoms with E-state index in [2.05, 4.69) is 26.1 Å². The topological polar surface area (TPSA) is 71.6 Å². The Labute approximate surface area is 166 Å². The molecule has 2 aliphatic heterocycles. The molecular formula is C20H22FN7O. The van der Waals surface area contributed by atoms with Crippen LogP contribution in [-0.2, 0) is 11.8 Å². The van der Waals surface area contributed by atoms with Crippen LogP contribution in [0.4, 0.5) is 10.2 Å². The number of fused-ring (bicyclic) bond motifs is 3. The maximum Gasteiger partial charge on any atom is 0.229 e. The lowest BCUT2D eigenvalue weighted by molar-refractivity contribution is -0.136. The van der Waals surface area contributed by atoms with Gasteiger partial charge < -0.3 is 9.80 Å². The number of carbonyl (C=O) groups is 1. The second-order valence-electron chi connectivity index (χ2n) is 8.44. The third-order valence-electron chi connectivity index (χ3n) is 6.49. The molecule has 2 saturated heterocycles. The van der Waals surface area contributed by atoms with Crippen LogP contribution >= 0.6 is 0 Å². The predicted molar refractivity (Wildman–Crippen MR) is 104 cm³/mol. The molecular weight excluding hydrogens is 373 g/mol. The first-order valence-corrected chi connectivity index (χ1v) is 10.1. The molecule has 6 rings (SSSR count). The van der Waals surface area contributed by atoms with E-state index in [0.717, 1.165) is 48.4 Å². The van der Waals surface area contributed by atoms with E-state index in [1.807, 2.05) is 35.1 Å². The van der Waals surface area contributed by atoms with Crippen LogP contribution in [0.5, 0.6) is 0 Å². The lowest BCUT2D eigenvalue weighted by Crippen LogP contribution is -2.56. The average Bonchev–Trinajstić information content (AvgIpc) is 3.04. The Kier molecular flexibility index (Phi) is 3.51. The highest BCUT2D eigenvalue weighted by molar-refractivity contribution is 5.84. The summed E-state index contributed by atoms with van der Waals surface area (Å²) in [5.74, 6) is 0.496. The standard InChI is InChI=1S/C20H22FN7O/c1-25-7-13(6-23-25)12-4-18-19(22-11-24-27(18)8-12)26-9-14-2-3-15(10-26)28(14)20(29)16-5-17(16)21/h4,6-8,11,14-17H,2-3,5,9-10H2,1H3/t14?,15?,16-,17-/m0/s1. The summed E-state index contributed by atoms with van der Waals surface area (Å²) in [6.45, 7) is 1.46. The molecule has 150 valence electrons. The molecule has 3 aromatic rings. The van der Waals surface area contributed by atoms with Gasteiger partial charge in [0.1, 0.15) is 18.0 Å². The van der Waals surface area contributed by atoms with Gasteiger partial charge in [-0.15, -0.1) is 0 Å². The minimum absolute atomic E-state index is 0.0130. The van der Waals surface area contributed by atoms with Gasteiger partial charge in [0.2, 0.25) is 5.91 Å². The molecule has 0 N–H and O–H groups in total. The second kappa shape index (κ2) is 6.01. The van der Waals surface area contributed by atoms with E-state index in [0.29, 0.717) is 6.42 Å². The van der Waals surface area contributed by atoms with E-state index >= 15 is 0 Å². The van der Waals surface area contributed by atoms with Crippen LogP contribution < -0.4 is 4.90 Å². The monoisotopic (exact) mass is 395 g/mol. The van der Waals surface area contributed by atoms with Crippen molar-refractivity contribution in [2.75, 3.05) is 18.0 Å². The maximum atomic E-state index is 13.4. The summed E-state index contributed by atoms with van der Waals surface area (Å²) < 4.78 is 17.1. The van der Waals surface area contributed by atoms with Crippen molar-refractivity contribution in [3.8, 4) is 11.1 Å². The minimum atomic E-state index is -0.937. The third kappa shape index (κ3) is 2.63. The number of halogens is 1. The van der Waals surface area contributed by atoms with Gasteiger partial charge in [-0.25, -0.2) is 13.9 Å². The first-order valence-electron chi connectivity index (χ1n) is 10.1. The number of amides is 1. The summed E-state index contributed by atoms with van der Waals surface area (Å²) in [6, 6.07) is 2.36. The van der Waals surface area contributed by atoms with Crippen LogP contribution in [0.15, 0.2) is 31.0 Å². The van der Waals surface area contributed by atoms with E-state index in [-0.39, 0.29) is 18.0 Å². The van der Waals surface area contributed by atoms with Gasteiger partial charge >= 0.3 is 0 Å². The van der Waals surface area contributed by atoms with Crippen molar-refractivity contribution >= 4 is 17.2 Å². The zero-order valence-corrected chi connectivity index (χ0v) is 16.1. The van der Waals surface area contributed by atoms with Gasteiger partial charge in [0.05, 0.1) is 12.1 Å². The van der Waals surface area contributed by atoms with Gasteiger partial charge in [-0.1, -0.05) is 0 Å². The number of aryl methyl sites for hydroxylation is 1. The normalized spacial score (nSPS) is 28.3. The summed E-state index contributed by atoms with van der Waals surface area (Å²) in [5.41, 5.74) is 3.01. The molecule has 0 radical (unpaired) electrons. The predicted octanol–water partition coefficient (Wildman–Crippen LogP) is 1.67. The third-order valence-corrected chi connectivity index (χ3v) is 6.49. The van der Waals surface area contributed by atoms with Crippen LogP contribution in [0.25, 0.3) is 16.6 Å². The molecule has 2 unspecified atom stereocenters. The lowest BCUT2D eigenvalue weighted by Gasteiger charge is -2.41. The van der Waals surface area contributed by atoms with Gasteiger partial charge in [-0.3, -0.25) is 9.48 Å². The van der Waals surface area contributed by atoms with Crippen molar-refractivity contribution in [3.05, 3.63) is 31.0 Å². The van der Waals surface area contributed by atoms with E-state index in [1.54, 1.807) is 11.0 Å². The van der Waals surface area contributed by atoms with Gasteiger partial charge in [0.15, 0.2) is 5.82 Å². The van der Waals surface area contributed by atoms with Crippen LogP contribution in [-0.4, -0.2) is 66.5 Å². The minimum Gasteiger partial charge on any atom is -0.351 e. The molecule has 0 spiro atoms. The smallest absolute Gasteiger partial charge is 0.229 e. The zero-order valence-electron chi connectivity index (χ0n) is 16.1. The van der Waals surface area contributed by atoms with Gasteiger partial charge in [-0.2, -0.15) is 10.2 Å². The SMILES string of the molecule is Cn1cc(-c2cc3c(N4CC5CCC(C4)N5C(=O)[C@H]4C[C@@H]4F)ncnn3c2)cn1. The van der Waals surface area contributed by atoms with Crippen molar-refractivity contribution in [3.63, 3.8) is 0 Å². The molecule has 4 atom stereocenters. The number of anilines is 1. The highest BCUT2D eigenvalue weighted by Gasteiger charge is 2.51. The van der Waals surface area contributed by atoms with Crippen molar-refractivity contribution in [1.29, 1.82) is 0 Å². The first-order chi connectivity index (χ1) is 14.1. The van der Waals surface area contributed by atoms with Crippen molar-refractivity contribution in [1.82, 2.24) is 29.3 Å². The van der Waals surface area contributed by atoms with Crippen molar-refractivity contribution in [2.45, 2.75) is 37.5 Å². The Morgan fingerprint density at radius 1 is 1.14 bits per heavy atom. The highest BCUT2D eigenvalue weighted by Crippen LogP contribution is 2.41. The number of carbonyl (C=O) groups excluding carboxylic acids is 1. The van der Waals surface area contributed by atoms with Crippen LogP contribution in [0.2, 0.25) is 0 Å². The Hall–Kier alpha value is -2.97. The Balaban J connectivity index is 1.31. The average molecular weight is 395 g/mol. The van der Waals surface area contributed by atoms with E-state index in [1.165, 1.54) is 0 Å². The molecule has 9 heteroatoms. The fourth-order valence-corrected chi connectivity index (χ4v) is 4.94. The number of hydrogen-bond donors (Lipinski definition) is 0. The van der Waals surface area contributed by atoms with Gasteiger partial charge in [-0.05, 0) is 25.3 Å². The molecule has 29 heavy (non-hydrogen) atoms. The number of rotatable bonds is 3. The van der Waals surface area contributed by atoms with Crippen LogP contribution in [0.1, 0.15) is 19.3 Å². The summed E-state index contributed by atoms with van der Waals surface area (Å²) in [4.78, 5) is 21.5. The number of aromatic nitrogens is 5. The van der Waals surface area contributed by atoms with Crippen LogP contribution in [0.3, 0.4) is 0 Å². The molecule has 3 fully saturated rings. The quantitative estimate of drug-likeness (QED) is 0.675. The molecule has 8 nitrogen and oxygen atoms in total. The Bertz CT molecular complexity index is 1090. The summed E-state index contributed by atoms with van der Waals surface area (Å²) >= 11 is 0. The van der Waals surface area contributed by atoms with Gasteiger partial charge in [0, 0.05) is 55.7 Å². The van der Waals surface area contributed by atoms with E-state index < -0.39 is 12.1 Å². The number of alkyl halides is 1. The second-order valence-corrected chi connectivity index (χ2v) is 8.44. The van der Waals surface area contributed by atoms with E-state index in [9.17, 15) is 9.18 Å². The molecule has 1 amide bonds. The molecule has 1 saturated carbocycles. The number of hydrogen-bond acceptors (Lipinski definition) is 5. The first kappa shape index (κ1) is 16.9. The van der Waals surface area contributed by atoms with Crippen molar-refractivity contribution in [2.24, 2.45) is 13.0 Å². The molecule has 5 heterocycles. The number of nitrogens with zero attached hydrogens (tertiary/aromatic N) is 7. The summed E-state index contributed by atoms with van der Waals surface area (Å²) in [7, 11) is 1.90. The molecule has 3 aliphatic rings. The Morgan fingerprint density at radius 2 is 1.90 bits per heavy atom. The fraction of sp³-hybridized carbons (Fsp3) is 0.500. The summed E-state index contributed by atoms with van der Waals surface area (Å²) in [6.07, 6.45) is 8.78. The highest BCUT2D eigenvalue weighted by atomic mass is 19.1. The van der Waals surface area contributed by atoms with Crippen molar-refractivity contribution < 1.29 is 9.18 Å². The fourth-order valence-electron chi connectivity index (χ4n) is 4.94. The lowest BCUT2D eigenvalue weighted by atomic mass is 10.1. The van der Waals surface area contributed by atoms with E-state index in [4.69, 9.17) is 0 Å². The molecule has 0 aromatic carbocycles. The summed E-state index contributed by atoms with van der Waals surface area (Å²) in [5, 5.41) is 8.62. The molecule has 1 aliphatic carbocycles. The van der Waals surface area contributed by atoms with Gasteiger partial charge in [0.25, 0.3) is 0 Å². The zero-order chi connectivity index (χ0) is 19.7. The number of piperazine rings is 1. The molecule has 2 bridgehead atoms. The largest absolute Gasteiger partial charge is 0.351 e.